The van der Waals surface area contributed by atoms with Gasteiger partial charge in [0, 0.05) is 26.2 Å². The Hall–Kier alpha value is 0.0969. The van der Waals surface area contributed by atoms with E-state index in [-0.39, 0.29) is 0 Å². The molecular formula is C13H30N2OSi. The van der Waals surface area contributed by atoms with Crippen LogP contribution in [0.3, 0.4) is 0 Å². The molecule has 1 N–H and O–H groups in total. The Morgan fingerprint density at radius 3 is 2.53 bits per heavy atom. The minimum atomic E-state index is -1.56. The molecule has 3 nitrogen and oxygen atoms in total. The van der Waals surface area contributed by atoms with Crippen molar-refractivity contribution in [3.05, 3.63) is 0 Å². The summed E-state index contributed by atoms with van der Waals surface area (Å²) in [6.45, 7) is 15.7. The number of nitrogens with one attached hydrogen (secondary N) is 1. The van der Waals surface area contributed by atoms with E-state index in [4.69, 9.17) is 4.43 Å². The van der Waals surface area contributed by atoms with Crippen LogP contribution in [0.2, 0.25) is 18.1 Å². The molecule has 1 aliphatic rings. The van der Waals surface area contributed by atoms with Crippen LogP contribution < -0.4 is 5.43 Å². The normalized spacial score (nSPS) is 20.3. The first-order chi connectivity index (χ1) is 7.83. The number of hydrazine groups is 1. The fraction of sp³-hybridized carbons (Fsp3) is 1.00. The largest absolute Gasteiger partial charge is 0.415 e. The van der Waals surface area contributed by atoms with Crippen LogP contribution in [0.25, 0.3) is 0 Å². The Labute approximate surface area is 108 Å². The first-order valence-corrected chi connectivity index (χ1v) is 9.86. The van der Waals surface area contributed by atoms with Gasteiger partial charge in [-0.15, -0.1) is 0 Å². The summed E-state index contributed by atoms with van der Waals surface area (Å²) in [5.41, 5.74) is 3.48. The lowest BCUT2D eigenvalue weighted by Gasteiger charge is -2.36. The summed E-state index contributed by atoms with van der Waals surface area (Å²) < 4.78 is 6.19. The van der Waals surface area contributed by atoms with Crippen LogP contribution in [0, 0.1) is 0 Å². The average Bonchev–Trinajstić information content (AvgIpc) is 2.44. The van der Waals surface area contributed by atoms with Gasteiger partial charge in [-0.05, 0) is 31.0 Å². The average molecular weight is 258 g/mol. The number of hydrogen-bond donors (Lipinski definition) is 1. The first-order valence-electron chi connectivity index (χ1n) is 6.95. The zero-order valence-electron chi connectivity index (χ0n) is 12.3. The molecule has 0 unspecified atom stereocenters. The second kappa shape index (κ2) is 6.32. The SMILES string of the molecule is CC(C)(C)[Si](C)(C)OCCN1CCCCCN1. The molecule has 1 rings (SSSR count). The van der Waals surface area contributed by atoms with Crippen molar-refractivity contribution in [1.82, 2.24) is 10.4 Å². The van der Waals surface area contributed by atoms with Gasteiger partial charge in [0.1, 0.15) is 0 Å². The van der Waals surface area contributed by atoms with E-state index in [1.165, 1.54) is 25.8 Å². The van der Waals surface area contributed by atoms with Crippen molar-refractivity contribution in [3.63, 3.8) is 0 Å². The highest BCUT2D eigenvalue weighted by atomic mass is 28.4. The van der Waals surface area contributed by atoms with Crippen LogP contribution in [0.5, 0.6) is 0 Å². The topological polar surface area (TPSA) is 24.5 Å². The molecule has 0 saturated carbocycles. The van der Waals surface area contributed by atoms with E-state index >= 15 is 0 Å². The van der Waals surface area contributed by atoms with E-state index in [0.29, 0.717) is 5.04 Å². The van der Waals surface area contributed by atoms with E-state index < -0.39 is 8.32 Å². The van der Waals surface area contributed by atoms with Crippen molar-refractivity contribution in [1.29, 1.82) is 0 Å². The van der Waals surface area contributed by atoms with Crippen LogP contribution >= 0.6 is 0 Å². The summed E-state index contributed by atoms with van der Waals surface area (Å²) in [6, 6.07) is 0. The van der Waals surface area contributed by atoms with Gasteiger partial charge in [-0.1, -0.05) is 27.2 Å². The molecule has 0 aromatic carbocycles. The monoisotopic (exact) mass is 258 g/mol. The Bertz CT molecular complexity index is 218. The van der Waals surface area contributed by atoms with Gasteiger partial charge in [0.25, 0.3) is 0 Å². The lowest BCUT2D eigenvalue weighted by Crippen LogP contribution is -2.45. The fourth-order valence-electron chi connectivity index (χ4n) is 1.74. The molecule has 102 valence electrons. The number of nitrogens with zero attached hydrogens (tertiary/aromatic N) is 1. The highest BCUT2D eigenvalue weighted by Crippen LogP contribution is 2.36. The molecule has 0 aliphatic carbocycles. The second-order valence-corrected chi connectivity index (χ2v) is 11.4. The van der Waals surface area contributed by atoms with E-state index in [1.54, 1.807) is 0 Å². The van der Waals surface area contributed by atoms with Gasteiger partial charge in [-0.3, -0.25) is 5.43 Å². The molecule has 1 saturated heterocycles. The van der Waals surface area contributed by atoms with E-state index in [2.05, 4.69) is 44.3 Å². The molecule has 0 radical (unpaired) electrons. The predicted molar refractivity (Wildman–Crippen MR) is 76.6 cm³/mol. The molecule has 17 heavy (non-hydrogen) atoms. The quantitative estimate of drug-likeness (QED) is 0.785. The highest BCUT2D eigenvalue weighted by molar-refractivity contribution is 6.74. The summed E-state index contributed by atoms with van der Waals surface area (Å²) in [5.74, 6) is 0. The van der Waals surface area contributed by atoms with Gasteiger partial charge in [-0.25, -0.2) is 5.01 Å². The molecule has 1 heterocycles. The second-order valence-electron chi connectivity index (χ2n) is 6.56. The van der Waals surface area contributed by atoms with Crippen molar-refractivity contribution in [2.24, 2.45) is 0 Å². The molecule has 0 spiro atoms. The molecule has 1 aliphatic heterocycles. The van der Waals surface area contributed by atoms with E-state index in [1.807, 2.05) is 0 Å². The summed E-state index contributed by atoms with van der Waals surface area (Å²) >= 11 is 0. The van der Waals surface area contributed by atoms with Gasteiger partial charge < -0.3 is 4.43 Å². The third-order valence-corrected chi connectivity index (χ3v) is 8.61. The van der Waals surface area contributed by atoms with E-state index in [9.17, 15) is 0 Å². The maximum absolute atomic E-state index is 6.19. The molecule has 0 atom stereocenters. The first kappa shape index (κ1) is 15.2. The van der Waals surface area contributed by atoms with Gasteiger partial charge in [0.2, 0.25) is 0 Å². The van der Waals surface area contributed by atoms with Crippen molar-refractivity contribution < 1.29 is 4.43 Å². The number of rotatable bonds is 4. The molecule has 0 bridgehead atoms. The van der Waals surface area contributed by atoms with Crippen molar-refractivity contribution >= 4 is 8.32 Å². The molecule has 0 aromatic rings. The lowest BCUT2D eigenvalue weighted by molar-refractivity contribution is 0.154. The third kappa shape index (κ3) is 5.08. The van der Waals surface area contributed by atoms with Crippen LogP contribution in [-0.2, 0) is 4.43 Å². The van der Waals surface area contributed by atoms with Crippen molar-refractivity contribution in [2.75, 3.05) is 26.2 Å². The lowest BCUT2D eigenvalue weighted by atomic mass is 10.2. The van der Waals surface area contributed by atoms with Gasteiger partial charge in [0.15, 0.2) is 8.32 Å². The van der Waals surface area contributed by atoms with Crippen molar-refractivity contribution in [3.8, 4) is 0 Å². The summed E-state index contributed by atoms with van der Waals surface area (Å²) in [5, 5.41) is 2.65. The van der Waals surface area contributed by atoms with Gasteiger partial charge >= 0.3 is 0 Å². The minimum Gasteiger partial charge on any atom is -0.415 e. The van der Waals surface area contributed by atoms with Crippen LogP contribution in [0.15, 0.2) is 0 Å². The predicted octanol–water partition coefficient (Wildman–Crippen LogP) is 3.00. The standard InChI is InChI=1S/C13H30N2OSi/c1-13(2,3)17(4,5)16-12-11-15-10-8-6-7-9-14-15/h14H,6-12H2,1-5H3. The zero-order valence-corrected chi connectivity index (χ0v) is 13.3. The smallest absolute Gasteiger partial charge is 0.192 e. The Morgan fingerprint density at radius 2 is 1.88 bits per heavy atom. The van der Waals surface area contributed by atoms with Gasteiger partial charge in [-0.2, -0.15) is 0 Å². The fourth-order valence-corrected chi connectivity index (χ4v) is 2.77. The van der Waals surface area contributed by atoms with Crippen molar-refractivity contribution in [2.45, 2.75) is 58.2 Å². The Balaban J connectivity index is 2.26. The Morgan fingerprint density at radius 1 is 1.18 bits per heavy atom. The van der Waals surface area contributed by atoms with E-state index in [0.717, 1.165) is 19.7 Å². The summed E-state index contributed by atoms with van der Waals surface area (Å²) in [6.07, 6.45) is 3.97. The van der Waals surface area contributed by atoms with Crippen LogP contribution in [-0.4, -0.2) is 39.6 Å². The van der Waals surface area contributed by atoms with Crippen LogP contribution in [0.4, 0.5) is 0 Å². The summed E-state index contributed by atoms with van der Waals surface area (Å²) in [7, 11) is -1.56. The Kier molecular flexibility index (Phi) is 5.63. The third-order valence-electron chi connectivity index (χ3n) is 4.07. The number of hydrogen-bond acceptors (Lipinski definition) is 3. The molecule has 0 amide bonds. The van der Waals surface area contributed by atoms with Gasteiger partial charge in [0.05, 0.1) is 0 Å². The zero-order chi connectivity index (χ0) is 12.9. The molecule has 4 heteroatoms. The molecule has 1 fully saturated rings. The maximum Gasteiger partial charge on any atom is 0.192 e. The summed E-state index contributed by atoms with van der Waals surface area (Å²) in [4.78, 5) is 0. The molecular weight excluding hydrogens is 228 g/mol. The maximum atomic E-state index is 6.19. The highest BCUT2D eigenvalue weighted by Gasteiger charge is 2.36. The molecule has 0 aromatic heterocycles. The minimum absolute atomic E-state index is 0.319. The van der Waals surface area contributed by atoms with Crippen LogP contribution in [0.1, 0.15) is 40.0 Å².